The Labute approximate surface area is 323 Å². The molecule has 276 valence electrons. The van der Waals surface area contributed by atoms with E-state index in [-0.39, 0.29) is 0 Å². The molecule has 0 aliphatic carbocycles. The van der Waals surface area contributed by atoms with E-state index in [2.05, 4.69) is 101 Å². The second-order valence-corrected chi connectivity index (χ2v) is 14.8. The second-order valence-electron chi connectivity index (χ2n) is 13.4. The Morgan fingerprint density at radius 2 is 1.22 bits per heavy atom. The zero-order valence-electron chi connectivity index (χ0n) is 30.1. The van der Waals surface area contributed by atoms with Crippen molar-refractivity contribution in [1.82, 2.24) is 28.5 Å². The molecule has 0 unspecified atom stereocenters. The average molecular weight is 762 g/mol. The van der Waals surface area contributed by atoms with Crippen molar-refractivity contribution in [3.05, 3.63) is 131 Å². The lowest BCUT2D eigenvalue weighted by molar-refractivity contribution is 0.249. The molecule has 9 nitrogen and oxygen atoms in total. The fourth-order valence-electron chi connectivity index (χ4n) is 6.47. The lowest BCUT2D eigenvalue weighted by Gasteiger charge is -2.34. The first-order chi connectivity index (χ1) is 26.4. The third-order valence-corrected chi connectivity index (χ3v) is 11.3. The molecule has 0 amide bonds. The van der Waals surface area contributed by atoms with Gasteiger partial charge in [-0.15, -0.1) is 0 Å². The maximum atomic E-state index is 13.4. The van der Waals surface area contributed by atoms with Crippen LogP contribution in [-0.4, -0.2) is 87.4 Å². The first-order valence-corrected chi connectivity index (χ1v) is 19.6. The minimum Gasteiger partial charge on any atom is -0.344 e. The average Bonchev–Trinajstić information content (AvgIpc) is 3.92. The van der Waals surface area contributed by atoms with Crippen LogP contribution in [0.15, 0.2) is 97.1 Å². The maximum absolute atomic E-state index is 13.4. The van der Waals surface area contributed by atoms with Gasteiger partial charge in [0.05, 0.1) is 11.6 Å². The summed E-state index contributed by atoms with van der Waals surface area (Å²) < 4.78 is 35.4. The summed E-state index contributed by atoms with van der Waals surface area (Å²) in [4.78, 5) is 18.7. The topological polar surface area (TPSA) is 88.3 Å². The van der Waals surface area contributed by atoms with Gasteiger partial charge in [0.2, 0.25) is 10.3 Å². The third kappa shape index (κ3) is 9.50. The molecule has 2 aromatic heterocycles. The molecule has 0 spiro atoms. The van der Waals surface area contributed by atoms with Gasteiger partial charge in [-0.25, -0.2) is 8.78 Å². The SMILES string of the molecule is Cc1ccccc1CN1CCN(c2nc(-c3ccc(F)c(F)c3)ns2)CC1.N#Cc1ccc(-c2nsc(N3CCN(CCc4ccccc4)CC3)n2)cc1. The summed E-state index contributed by atoms with van der Waals surface area (Å²) in [6.45, 7) is 11.9. The Bertz CT molecular complexity index is 2150. The van der Waals surface area contributed by atoms with E-state index in [1.54, 1.807) is 0 Å². The van der Waals surface area contributed by atoms with Gasteiger partial charge in [0.15, 0.2) is 23.3 Å². The van der Waals surface area contributed by atoms with Gasteiger partial charge in [-0.2, -0.15) is 24.0 Å². The first-order valence-electron chi connectivity index (χ1n) is 18.1. The summed E-state index contributed by atoms with van der Waals surface area (Å²) in [6, 6.07) is 32.5. The molecule has 0 N–H and O–H groups in total. The Morgan fingerprint density at radius 1 is 0.648 bits per heavy atom. The van der Waals surface area contributed by atoms with Crippen molar-refractivity contribution in [3.8, 4) is 28.8 Å². The van der Waals surface area contributed by atoms with Crippen molar-refractivity contribution in [2.75, 3.05) is 68.7 Å². The number of piperazine rings is 2. The van der Waals surface area contributed by atoms with Gasteiger partial charge in [0.1, 0.15) is 0 Å². The molecule has 4 heterocycles. The number of hydrogen-bond donors (Lipinski definition) is 0. The van der Waals surface area contributed by atoms with E-state index in [0.29, 0.717) is 17.0 Å². The number of aryl methyl sites for hydroxylation is 1. The zero-order chi connectivity index (χ0) is 37.3. The van der Waals surface area contributed by atoms with Crippen molar-refractivity contribution in [1.29, 1.82) is 5.26 Å². The number of aromatic nitrogens is 4. The minimum absolute atomic E-state index is 0.441. The number of halogens is 2. The molecule has 2 fully saturated rings. The monoisotopic (exact) mass is 761 g/mol. The molecule has 0 bridgehead atoms. The number of nitrogens with zero attached hydrogens (tertiary/aromatic N) is 9. The van der Waals surface area contributed by atoms with E-state index in [4.69, 9.17) is 10.2 Å². The van der Waals surface area contributed by atoms with Crippen LogP contribution < -0.4 is 9.80 Å². The molecule has 4 aromatic carbocycles. The van der Waals surface area contributed by atoms with Gasteiger partial charge in [0, 0.05) is 99.6 Å². The van der Waals surface area contributed by atoms with Crippen LogP contribution in [0.2, 0.25) is 0 Å². The summed E-state index contributed by atoms with van der Waals surface area (Å²) in [5.74, 6) is -0.560. The van der Waals surface area contributed by atoms with Crippen LogP contribution in [0.5, 0.6) is 0 Å². The Balaban J connectivity index is 0.000000167. The minimum atomic E-state index is -0.881. The largest absolute Gasteiger partial charge is 0.344 e. The number of hydrogen-bond acceptors (Lipinski definition) is 11. The lowest BCUT2D eigenvalue weighted by Crippen LogP contribution is -2.47. The fourth-order valence-corrected chi connectivity index (χ4v) is 7.95. The van der Waals surface area contributed by atoms with Crippen LogP contribution in [0.25, 0.3) is 22.8 Å². The number of nitriles is 1. The van der Waals surface area contributed by atoms with E-state index in [9.17, 15) is 8.78 Å². The highest BCUT2D eigenvalue weighted by molar-refractivity contribution is 7.10. The molecule has 2 saturated heterocycles. The van der Waals surface area contributed by atoms with Gasteiger partial charge >= 0.3 is 0 Å². The summed E-state index contributed by atoms with van der Waals surface area (Å²) in [6.07, 6.45) is 1.10. The standard InChI is InChI=1S/C21H21N5S.C20H20F2N4S/c22-16-18-6-8-19(9-7-18)20-23-21(27-24-20)26-14-12-25(13-15-26)11-10-17-4-2-1-3-5-17;1-14-4-2-3-5-16(14)13-25-8-10-26(11-9-25)20-23-19(24-27-20)15-6-7-17(21)18(22)12-15/h1-9H,10-15H2;2-7,12H,8-11,13H2,1H3. The molecule has 54 heavy (non-hydrogen) atoms. The van der Waals surface area contributed by atoms with E-state index in [1.165, 1.54) is 45.8 Å². The van der Waals surface area contributed by atoms with Crippen molar-refractivity contribution in [2.24, 2.45) is 0 Å². The van der Waals surface area contributed by atoms with Crippen LogP contribution in [0.1, 0.15) is 22.3 Å². The maximum Gasteiger partial charge on any atom is 0.205 e. The van der Waals surface area contributed by atoms with Gasteiger partial charge in [0.25, 0.3) is 0 Å². The molecule has 2 aliphatic heterocycles. The molecule has 8 rings (SSSR count). The molecular weight excluding hydrogens is 721 g/mol. The first kappa shape index (κ1) is 37.2. The second kappa shape index (κ2) is 17.8. The molecular formula is C41H41F2N9S2. The summed E-state index contributed by atoms with van der Waals surface area (Å²) in [5.41, 5.74) is 6.19. The van der Waals surface area contributed by atoms with Crippen LogP contribution in [0.4, 0.5) is 19.0 Å². The highest BCUT2D eigenvalue weighted by Gasteiger charge is 2.22. The van der Waals surface area contributed by atoms with Crippen molar-refractivity contribution >= 4 is 33.3 Å². The van der Waals surface area contributed by atoms with Crippen LogP contribution in [0, 0.1) is 29.9 Å². The van der Waals surface area contributed by atoms with Crippen LogP contribution in [0.3, 0.4) is 0 Å². The van der Waals surface area contributed by atoms with Crippen molar-refractivity contribution in [3.63, 3.8) is 0 Å². The highest BCUT2D eigenvalue weighted by Crippen LogP contribution is 2.27. The molecule has 0 atom stereocenters. The third-order valence-electron chi connectivity index (χ3n) is 9.78. The van der Waals surface area contributed by atoms with Crippen molar-refractivity contribution < 1.29 is 8.78 Å². The highest BCUT2D eigenvalue weighted by atomic mass is 32.1. The van der Waals surface area contributed by atoms with Crippen LogP contribution in [-0.2, 0) is 13.0 Å². The van der Waals surface area contributed by atoms with E-state index >= 15 is 0 Å². The predicted octanol–water partition coefficient (Wildman–Crippen LogP) is 7.56. The number of benzene rings is 4. The van der Waals surface area contributed by atoms with Gasteiger partial charge in [-0.1, -0.05) is 54.6 Å². The van der Waals surface area contributed by atoms with Crippen LogP contribution >= 0.6 is 23.1 Å². The molecule has 0 radical (unpaired) electrons. The quantitative estimate of drug-likeness (QED) is 0.148. The summed E-state index contributed by atoms with van der Waals surface area (Å²) in [5, 5.41) is 10.7. The Morgan fingerprint density at radius 3 is 1.83 bits per heavy atom. The van der Waals surface area contributed by atoms with E-state index in [0.717, 1.165) is 106 Å². The van der Waals surface area contributed by atoms with Gasteiger partial charge in [-0.3, -0.25) is 9.80 Å². The molecule has 2 aliphatic rings. The Hall–Kier alpha value is -5.13. The van der Waals surface area contributed by atoms with E-state index in [1.807, 2.05) is 24.3 Å². The van der Waals surface area contributed by atoms with E-state index < -0.39 is 11.6 Å². The molecule has 13 heteroatoms. The number of rotatable bonds is 9. The Kier molecular flexibility index (Phi) is 12.3. The molecule has 6 aromatic rings. The summed E-state index contributed by atoms with van der Waals surface area (Å²) >= 11 is 2.75. The number of anilines is 2. The molecule has 0 saturated carbocycles. The van der Waals surface area contributed by atoms with Gasteiger partial charge in [-0.05, 0) is 72.5 Å². The van der Waals surface area contributed by atoms with Crippen molar-refractivity contribution in [2.45, 2.75) is 19.9 Å². The normalized spacial score (nSPS) is 15.1. The fraction of sp³-hybridized carbons (Fsp3) is 0.293. The lowest BCUT2D eigenvalue weighted by atomic mass is 10.1. The van der Waals surface area contributed by atoms with Gasteiger partial charge < -0.3 is 9.80 Å². The zero-order valence-corrected chi connectivity index (χ0v) is 31.7. The summed E-state index contributed by atoms with van der Waals surface area (Å²) in [7, 11) is 0. The smallest absolute Gasteiger partial charge is 0.205 e. The predicted molar refractivity (Wildman–Crippen MR) is 213 cm³/mol.